The van der Waals surface area contributed by atoms with E-state index in [1.165, 1.54) is 83.5 Å². The second-order valence-electron chi connectivity index (χ2n) is 19.4. The predicted molar refractivity (Wildman–Crippen MR) is 283 cm³/mol. The van der Waals surface area contributed by atoms with Crippen molar-refractivity contribution in [1.82, 2.24) is 5.32 Å². The highest BCUT2D eigenvalue weighted by molar-refractivity contribution is 5.80. The van der Waals surface area contributed by atoms with Crippen molar-refractivity contribution in [1.29, 1.82) is 0 Å². The SMILES string of the molecule is CCCCC/C=C/C=C/CCCCCCCCC(=O)OC1C(OCC(NC(=O)C(O)CCCCCCC/C=C/C=C/CCCCC)C(O)/C=C/CCCCCCCCCCC)OC(CO)C(O)C1O. The zero-order valence-electron chi connectivity index (χ0n) is 43.9. The molecule has 0 spiro atoms. The van der Waals surface area contributed by atoms with E-state index in [2.05, 4.69) is 74.7 Å². The van der Waals surface area contributed by atoms with Crippen LogP contribution in [-0.2, 0) is 23.8 Å². The maximum atomic E-state index is 13.3. The molecular formula is C58H103NO10. The molecule has 0 aromatic carbocycles. The van der Waals surface area contributed by atoms with Crippen LogP contribution >= 0.6 is 0 Å². The van der Waals surface area contributed by atoms with Crippen LogP contribution in [0.4, 0.5) is 0 Å². The van der Waals surface area contributed by atoms with Gasteiger partial charge in [0.25, 0.3) is 0 Å². The van der Waals surface area contributed by atoms with E-state index in [0.29, 0.717) is 12.8 Å². The average molecular weight is 974 g/mol. The molecule has 400 valence electrons. The lowest BCUT2D eigenvalue weighted by molar-refractivity contribution is -0.305. The van der Waals surface area contributed by atoms with E-state index in [1.54, 1.807) is 6.08 Å². The van der Waals surface area contributed by atoms with Crippen LogP contribution < -0.4 is 5.32 Å². The molecule has 1 heterocycles. The first-order valence-electron chi connectivity index (χ1n) is 28.1. The Morgan fingerprint density at radius 2 is 0.986 bits per heavy atom. The van der Waals surface area contributed by atoms with Gasteiger partial charge in [-0.1, -0.05) is 210 Å². The van der Waals surface area contributed by atoms with E-state index in [9.17, 15) is 35.1 Å². The Morgan fingerprint density at radius 3 is 1.48 bits per heavy atom. The van der Waals surface area contributed by atoms with Gasteiger partial charge in [0.1, 0.15) is 24.4 Å². The van der Waals surface area contributed by atoms with E-state index in [4.69, 9.17) is 14.2 Å². The van der Waals surface area contributed by atoms with Crippen molar-refractivity contribution in [2.45, 2.75) is 282 Å². The fraction of sp³-hybridized carbons (Fsp3) is 0.793. The minimum Gasteiger partial charge on any atom is -0.454 e. The van der Waals surface area contributed by atoms with Crippen LogP contribution in [0.5, 0.6) is 0 Å². The molecule has 8 atom stereocenters. The molecule has 1 aliphatic rings. The van der Waals surface area contributed by atoms with Crippen molar-refractivity contribution < 1.29 is 49.3 Å². The molecule has 11 heteroatoms. The van der Waals surface area contributed by atoms with Crippen molar-refractivity contribution >= 4 is 11.9 Å². The van der Waals surface area contributed by atoms with Crippen LogP contribution in [-0.4, -0.2) is 99.6 Å². The number of carbonyl (C=O) groups excluding carboxylic acids is 2. The Morgan fingerprint density at radius 1 is 0.565 bits per heavy atom. The minimum absolute atomic E-state index is 0.107. The summed E-state index contributed by atoms with van der Waals surface area (Å²) in [6.45, 7) is 5.68. The first-order chi connectivity index (χ1) is 33.7. The van der Waals surface area contributed by atoms with E-state index < -0.39 is 67.4 Å². The van der Waals surface area contributed by atoms with Crippen LogP contribution in [0.25, 0.3) is 0 Å². The maximum absolute atomic E-state index is 13.3. The van der Waals surface area contributed by atoms with E-state index >= 15 is 0 Å². The van der Waals surface area contributed by atoms with Gasteiger partial charge in [0, 0.05) is 6.42 Å². The number of carbonyl (C=O) groups is 2. The van der Waals surface area contributed by atoms with Gasteiger partial charge in [0.2, 0.25) is 5.91 Å². The molecule has 69 heavy (non-hydrogen) atoms. The van der Waals surface area contributed by atoms with Crippen molar-refractivity contribution in [3.8, 4) is 0 Å². The summed E-state index contributed by atoms with van der Waals surface area (Å²) in [5.41, 5.74) is 0. The molecule has 6 N–H and O–H groups in total. The summed E-state index contributed by atoms with van der Waals surface area (Å²) >= 11 is 0. The van der Waals surface area contributed by atoms with Gasteiger partial charge in [-0.3, -0.25) is 9.59 Å². The molecule has 1 amide bonds. The second kappa shape index (κ2) is 46.4. The van der Waals surface area contributed by atoms with E-state index in [1.807, 2.05) is 6.08 Å². The first kappa shape index (κ1) is 64.4. The third-order valence-corrected chi connectivity index (χ3v) is 12.9. The van der Waals surface area contributed by atoms with Crippen molar-refractivity contribution in [3.05, 3.63) is 60.8 Å². The van der Waals surface area contributed by atoms with Gasteiger partial charge >= 0.3 is 5.97 Å². The summed E-state index contributed by atoms with van der Waals surface area (Å²) in [5, 5.41) is 56.7. The summed E-state index contributed by atoms with van der Waals surface area (Å²) in [5.74, 6) is -1.22. The lowest BCUT2D eigenvalue weighted by Gasteiger charge is -2.41. The van der Waals surface area contributed by atoms with Gasteiger partial charge in [-0.15, -0.1) is 0 Å². The van der Waals surface area contributed by atoms with Crippen LogP contribution in [0, 0.1) is 0 Å². The highest BCUT2D eigenvalue weighted by Crippen LogP contribution is 2.26. The number of nitrogens with one attached hydrogen (secondary N) is 1. The Kier molecular flexibility index (Phi) is 43.3. The lowest BCUT2D eigenvalue weighted by Crippen LogP contribution is -2.61. The first-order valence-corrected chi connectivity index (χ1v) is 28.1. The van der Waals surface area contributed by atoms with Gasteiger partial charge in [0.05, 0.1) is 25.4 Å². The van der Waals surface area contributed by atoms with Crippen LogP contribution in [0.15, 0.2) is 60.8 Å². The fourth-order valence-corrected chi connectivity index (χ4v) is 8.40. The molecule has 1 aliphatic heterocycles. The number of aliphatic hydroxyl groups is 5. The highest BCUT2D eigenvalue weighted by Gasteiger charge is 2.47. The smallest absolute Gasteiger partial charge is 0.306 e. The quantitative estimate of drug-likeness (QED) is 0.0149. The molecule has 0 aromatic rings. The summed E-state index contributed by atoms with van der Waals surface area (Å²) in [6, 6.07) is -1.03. The average Bonchev–Trinajstić information content (AvgIpc) is 3.34. The van der Waals surface area contributed by atoms with Crippen LogP contribution in [0.2, 0.25) is 0 Å². The number of hydrogen-bond acceptors (Lipinski definition) is 10. The number of amides is 1. The molecule has 1 fully saturated rings. The molecule has 0 aliphatic carbocycles. The van der Waals surface area contributed by atoms with Gasteiger partial charge < -0.3 is 45.1 Å². The molecular weight excluding hydrogens is 871 g/mol. The number of hydrogen-bond donors (Lipinski definition) is 6. The fourth-order valence-electron chi connectivity index (χ4n) is 8.40. The number of aliphatic hydroxyl groups excluding tert-OH is 5. The number of rotatable bonds is 46. The van der Waals surface area contributed by atoms with Crippen molar-refractivity contribution in [2.75, 3.05) is 13.2 Å². The lowest BCUT2D eigenvalue weighted by atomic mass is 9.99. The van der Waals surface area contributed by atoms with E-state index in [0.717, 1.165) is 103 Å². The number of unbranched alkanes of at least 4 members (excludes halogenated alkanes) is 26. The summed E-state index contributed by atoms with van der Waals surface area (Å²) in [4.78, 5) is 26.4. The molecule has 11 nitrogen and oxygen atoms in total. The van der Waals surface area contributed by atoms with Crippen LogP contribution in [0.3, 0.4) is 0 Å². The van der Waals surface area contributed by atoms with Crippen LogP contribution in [0.1, 0.15) is 233 Å². The number of allylic oxidation sites excluding steroid dienone is 9. The van der Waals surface area contributed by atoms with Crippen molar-refractivity contribution in [2.24, 2.45) is 0 Å². The molecule has 0 radical (unpaired) electrons. The molecule has 8 unspecified atom stereocenters. The largest absolute Gasteiger partial charge is 0.454 e. The number of ether oxygens (including phenoxy) is 3. The highest BCUT2D eigenvalue weighted by atomic mass is 16.7. The second-order valence-corrected chi connectivity index (χ2v) is 19.4. The third-order valence-electron chi connectivity index (χ3n) is 12.9. The molecule has 1 saturated heterocycles. The molecule has 0 bridgehead atoms. The Labute approximate surface area is 420 Å². The summed E-state index contributed by atoms with van der Waals surface area (Å²) in [7, 11) is 0. The van der Waals surface area contributed by atoms with Gasteiger partial charge in [-0.25, -0.2) is 0 Å². The maximum Gasteiger partial charge on any atom is 0.306 e. The zero-order chi connectivity index (χ0) is 50.4. The molecule has 0 saturated carbocycles. The van der Waals surface area contributed by atoms with E-state index in [-0.39, 0.29) is 19.4 Å². The minimum atomic E-state index is -1.62. The molecule has 1 rings (SSSR count). The number of esters is 1. The van der Waals surface area contributed by atoms with Gasteiger partial charge in [-0.2, -0.15) is 0 Å². The third kappa shape index (κ3) is 35.2. The Bertz CT molecular complexity index is 1350. The summed E-state index contributed by atoms with van der Waals surface area (Å²) < 4.78 is 17.5. The molecule has 0 aromatic heterocycles. The van der Waals surface area contributed by atoms with Gasteiger partial charge in [0.15, 0.2) is 12.4 Å². The monoisotopic (exact) mass is 974 g/mol. The van der Waals surface area contributed by atoms with Crippen molar-refractivity contribution in [3.63, 3.8) is 0 Å². The summed E-state index contributed by atoms with van der Waals surface area (Å²) in [6.07, 6.45) is 45.4. The Balaban J connectivity index is 2.76. The zero-order valence-corrected chi connectivity index (χ0v) is 43.9. The normalized spacial score (nSPS) is 20.3. The predicted octanol–water partition coefficient (Wildman–Crippen LogP) is 12.3. The standard InChI is InChI=1S/C58H103NO10/c1-4-7-10-13-16-19-22-24-26-28-31-34-37-40-43-46-53(63)69-56-55(65)54(64)52(47-60)68-58(56)67-48-49(50(61)44-41-38-35-32-29-21-18-15-12-9-6-3)59-57(66)51(62)45-42-39-36-33-30-27-25-23-20-17-14-11-8-5-2/h16-17,19-20,22-25,41,44,49-52,54-56,58,60-62,64-65H,4-15,18,21,26-40,42-43,45-48H2,1-3H3,(H,59,66)/b19-16+,20-17+,24-22+,25-23+,44-41+. The van der Waals surface area contributed by atoms with Gasteiger partial charge in [-0.05, 0) is 77.0 Å². The topological polar surface area (TPSA) is 175 Å². The Hall–Kier alpha value is -2.64.